The summed E-state index contributed by atoms with van der Waals surface area (Å²) < 4.78 is 90.9. The normalized spacial score (nSPS) is 31.7. The van der Waals surface area contributed by atoms with E-state index >= 15 is 17.6 Å². The van der Waals surface area contributed by atoms with Crippen molar-refractivity contribution in [2.45, 2.75) is 41.8 Å². The molecule has 0 bridgehead atoms. The number of allylic oxidation sites excluding steroid dienone is 5. The van der Waals surface area contributed by atoms with Gasteiger partial charge < -0.3 is 0 Å². The third-order valence-electron chi connectivity index (χ3n) is 7.79. The largest absolute Gasteiger partial charge is 0.380 e. The topological polar surface area (TPSA) is 17.8 Å². The Balaban J connectivity index is 1.76. The molecule has 1 aromatic carbocycles. The molecule has 2 nitrogen and oxygen atoms in total. The van der Waals surface area contributed by atoms with E-state index in [-0.39, 0.29) is 11.1 Å². The van der Waals surface area contributed by atoms with E-state index < -0.39 is 39.1 Å². The molecule has 2 heterocycles. The molecule has 2 aromatic rings. The van der Waals surface area contributed by atoms with E-state index in [1.54, 1.807) is 55.9 Å². The second-order valence-corrected chi connectivity index (χ2v) is 10.8. The number of nitrogens with zero attached hydrogens (tertiary/aromatic N) is 2. The highest BCUT2D eigenvalue weighted by Crippen LogP contribution is 2.73. The minimum absolute atomic E-state index is 0.190. The Kier molecular flexibility index (Phi) is 3.92. The van der Waals surface area contributed by atoms with Crippen molar-refractivity contribution in [1.82, 2.24) is 9.78 Å². The maximum Gasteiger partial charge on any atom is 0.380 e. The molecule has 2 unspecified atom stereocenters. The fraction of sp³-hybridized carbons (Fsp3) is 0.320. The van der Waals surface area contributed by atoms with Gasteiger partial charge in [0.2, 0.25) is 0 Å². The van der Waals surface area contributed by atoms with Crippen LogP contribution in [0.15, 0.2) is 71.0 Å². The number of fused-ring (bicyclic) bond motifs is 6. The van der Waals surface area contributed by atoms with E-state index in [2.05, 4.69) is 5.10 Å². The molecule has 6 rings (SSSR count). The summed E-state index contributed by atoms with van der Waals surface area (Å²) in [6.07, 6.45) is 5.66. The van der Waals surface area contributed by atoms with Gasteiger partial charge in [0.15, 0.2) is 0 Å². The molecule has 4 aliphatic rings. The van der Waals surface area contributed by atoms with Crippen LogP contribution in [0.2, 0.25) is 0 Å². The minimum Gasteiger partial charge on any atom is -0.268 e. The molecule has 0 radical (unpaired) electrons. The summed E-state index contributed by atoms with van der Waals surface area (Å²) in [5.74, 6) is -15.6. The van der Waals surface area contributed by atoms with Gasteiger partial charge in [-0.05, 0) is 42.7 Å². The summed E-state index contributed by atoms with van der Waals surface area (Å²) in [5, 5.41) is 4.25. The van der Waals surface area contributed by atoms with Crippen LogP contribution in [0.4, 0.5) is 26.3 Å². The number of rotatable bonds is 1. The average Bonchev–Trinajstić information content (AvgIpc) is 3.37. The summed E-state index contributed by atoms with van der Waals surface area (Å²) in [5.41, 5.74) is -2.41. The summed E-state index contributed by atoms with van der Waals surface area (Å²) >= 11 is 1.23. The number of aromatic nitrogens is 2. The monoisotopic (exact) mass is 492 g/mol. The van der Waals surface area contributed by atoms with E-state index in [1.165, 1.54) is 36.2 Å². The lowest BCUT2D eigenvalue weighted by Gasteiger charge is -2.51. The predicted octanol–water partition coefficient (Wildman–Crippen LogP) is 6.78. The lowest BCUT2D eigenvalue weighted by atomic mass is 9.57. The second-order valence-electron chi connectivity index (χ2n) is 9.34. The van der Waals surface area contributed by atoms with Crippen LogP contribution < -0.4 is 0 Å². The second kappa shape index (κ2) is 6.11. The molecule has 0 spiro atoms. The zero-order chi connectivity index (χ0) is 24.5. The third kappa shape index (κ3) is 2.12. The van der Waals surface area contributed by atoms with Gasteiger partial charge in [-0.2, -0.15) is 31.4 Å². The number of aryl methyl sites for hydroxylation is 1. The summed E-state index contributed by atoms with van der Waals surface area (Å²) in [4.78, 5) is 0.557. The first kappa shape index (κ1) is 21.8. The molecule has 1 aromatic heterocycles. The van der Waals surface area contributed by atoms with Crippen molar-refractivity contribution < 1.29 is 26.3 Å². The first-order valence-electron chi connectivity index (χ1n) is 10.6. The van der Waals surface area contributed by atoms with E-state index in [4.69, 9.17) is 0 Å². The highest BCUT2D eigenvalue weighted by Gasteiger charge is 2.84. The minimum atomic E-state index is -5.56. The highest BCUT2D eigenvalue weighted by molar-refractivity contribution is 8.10. The molecule has 1 aliphatic heterocycles. The molecular formula is C25H18F6N2S. The average molecular weight is 492 g/mol. The van der Waals surface area contributed by atoms with Crippen LogP contribution >= 0.6 is 11.8 Å². The number of alkyl halides is 6. The molecule has 1 fully saturated rings. The van der Waals surface area contributed by atoms with Crippen LogP contribution in [-0.4, -0.2) is 32.3 Å². The Morgan fingerprint density at radius 2 is 1.47 bits per heavy atom. The zero-order valence-corrected chi connectivity index (χ0v) is 19.1. The van der Waals surface area contributed by atoms with Crippen LogP contribution in [0, 0.1) is 0 Å². The van der Waals surface area contributed by atoms with Gasteiger partial charge in [0, 0.05) is 34.1 Å². The Bertz CT molecular complexity index is 1400. The van der Waals surface area contributed by atoms with Crippen LogP contribution in [0.25, 0.3) is 11.0 Å². The molecule has 2 atom stereocenters. The molecule has 0 N–H and O–H groups in total. The van der Waals surface area contributed by atoms with Crippen LogP contribution in [0.5, 0.6) is 0 Å². The zero-order valence-electron chi connectivity index (χ0n) is 18.3. The van der Waals surface area contributed by atoms with Gasteiger partial charge in [-0.3, -0.25) is 4.68 Å². The lowest BCUT2D eigenvalue weighted by molar-refractivity contribution is -0.258. The predicted molar refractivity (Wildman–Crippen MR) is 119 cm³/mol. The third-order valence-corrected chi connectivity index (χ3v) is 9.40. The van der Waals surface area contributed by atoms with Crippen LogP contribution in [0.1, 0.15) is 30.7 Å². The fourth-order valence-corrected chi connectivity index (χ4v) is 7.35. The quantitative estimate of drug-likeness (QED) is 0.409. The molecule has 0 saturated heterocycles. The number of halogens is 6. The Labute approximate surface area is 195 Å². The summed E-state index contributed by atoms with van der Waals surface area (Å²) in [6, 6.07) is 8.87. The van der Waals surface area contributed by atoms with Crippen molar-refractivity contribution in [3.05, 3.63) is 87.8 Å². The van der Waals surface area contributed by atoms with Crippen molar-refractivity contribution in [3.63, 3.8) is 0 Å². The van der Waals surface area contributed by atoms with E-state index in [1.807, 2.05) is 0 Å². The van der Waals surface area contributed by atoms with Crippen molar-refractivity contribution >= 4 is 22.7 Å². The van der Waals surface area contributed by atoms with Crippen molar-refractivity contribution in [1.29, 1.82) is 0 Å². The molecule has 1 saturated carbocycles. The molecule has 34 heavy (non-hydrogen) atoms. The molecule has 9 heteroatoms. The summed E-state index contributed by atoms with van der Waals surface area (Å²) in [7, 11) is 1.68. The maximum atomic E-state index is 15.3. The number of benzene rings is 1. The standard InChI is InChI=1S/C25H18F6N2S/c1-21-14(9-10-17-16(21)12-32-33(17)3)19-20(24(28,29)25(30,31)23(19,26)27)15-11-18(34-22(15,21)2)13-7-5-4-6-8-13/h4-12H,1-3H3. The van der Waals surface area contributed by atoms with E-state index in [0.29, 0.717) is 21.7 Å². The molecule has 3 aliphatic carbocycles. The number of hydrogen-bond acceptors (Lipinski definition) is 2. The smallest absolute Gasteiger partial charge is 0.268 e. The van der Waals surface area contributed by atoms with Gasteiger partial charge in [0.05, 0.1) is 16.6 Å². The summed E-state index contributed by atoms with van der Waals surface area (Å²) in [6.45, 7) is 3.33. The van der Waals surface area contributed by atoms with Gasteiger partial charge in [0.25, 0.3) is 0 Å². The Morgan fingerprint density at radius 3 is 2.12 bits per heavy atom. The van der Waals surface area contributed by atoms with Crippen molar-refractivity contribution in [2.75, 3.05) is 0 Å². The van der Waals surface area contributed by atoms with Crippen molar-refractivity contribution in [2.24, 2.45) is 7.05 Å². The van der Waals surface area contributed by atoms with Gasteiger partial charge in [-0.25, -0.2) is 0 Å². The number of thioether (sulfide) groups is 1. The van der Waals surface area contributed by atoms with Gasteiger partial charge in [-0.15, -0.1) is 11.8 Å². The van der Waals surface area contributed by atoms with Crippen LogP contribution in [-0.2, 0) is 12.5 Å². The van der Waals surface area contributed by atoms with E-state index in [9.17, 15) is 8.78 Å². The van der Waals surface area contributed by atoms with E-state index in [0.717, 1.165) is 0 Å². The Morgan fingerprint density at radius 1 is 0.853 bits per heavy atom. The molecule has 176 valence electrons. The first-order valence-corrected chi connectivity index (χ1v) is 11.4. The van der Waals surface area contributed by atoms with Crippen LogP contribution in [0.3, 0.4) is 0 Å². The van der Waals surface area contributed by atoms with Gasteiger partial charge in [0.1, 0.15) is 0 Å². The number of hydrogen-bond donors (Lipinski definition) is 0. The first-order chi connectivity index (χ1) is 15.8. The SMILES string of the molecule is Cn1ncc2c1C=CC1=C3C(=C4C=C(c5ccccc5)SC4(C)C12C)C(F)(F)C(F)(F)C3(F)F. The lowest BCUT2D eigenvalue weighted by Crippen LogP contribution is -2.51. The highest BCUT2D eigenvalue weighted by atomic mass is 32.2. The molecular weight excluding hydrogens is 474 g/mol. The van der Waals surface area contributed by atoms with Gasteiger partial charge >= 0.3 is 17.8 Å². The fourth-order valence-electron chi connectivity index (χ4n) is 5.78. The maximum absolute atomic E-state index is 15.3. The van der Waals surface area contributed by atoms with Crippen molar-refractivity contribution in [3.8, 4) is 0 Å². The molecule has 0 amide bonds. The Hall–Kier alpha value is -2.68. The van der Waals surface area contributed by atoms with Gasteiger partial charge in [-0.1, -0.05) is 36.4 Å².